The summed E-state index contributed by atoms with van der Waals surface area (Å²) in [6, 6.07) is 31.8. The van der Waals surface area contributed by atoms with Crippen molar-refractivity contribution in [3.05, 3.63) is 133 Å². The Morgan fingerprint density at radius 1 is 0.811 bits per heavy atom. The summed E-state index contributed by atoms with van der Waals surface area (Å²) in [5.41, 5.74) is 4.03. The van der Waals surface area contributed by atoms with Crippen molar-refractivity contribution in [2.45, 2.75) is 19.0 Å². The zero-order valence-electron chi connectivity index (χ0n) is 20.2. The minimum Gasteiger partial charge on any atom is -0.457 e. The maximum Gasteiger partial charge on any atom is 0.174 e. The molecule has 6 nitrogen and oxygen atoms in total. The number of thiocarbonyl (C=S) groups is 1. The Hall–Kier alpha value is -4.49. The van der Waals surface area contributed by atoms with Gasteiger partial charge in [0.05, 0.1) is 11.7 Å². The molecular formula is C30H25N5OS. The number of nitrogens with zero attached hydrogens (tertiary/aromatic N) is 4. The van der Waals surface area contributed by atoms with Gasteiger partial charge in [0.1, 0.15) is 23.4 Å². The Morgan fingerprint density at radius 3 is 2.30 bits per heavy atom. The molecule has 2 atom stereocenters. The minimum atomic E-state index is -0.150. The fraction of sp³-hybridized carbons (Fsp3) is 0.100. The van der Waals surface area contributed by atoms with Crippen LogP contribution in [0, 0.1) is 6.92 Å². The predicted octanol–water partition coefficient (Wildman–Crippen LogP) is 6.55. The Morgan fingerprint density at radius 2 is 1.57 bits per heavy atom. The highest BCUT2D eigenvalue weighted by Crippen LogP contribution is 2.42. The Bertz CT molecular complexity index is 1520. The second-order valence-electron chi connectivity index (χ2n) is 8.85. The Labute approximate surface area is 221 Å². The molecule has 0 amide bonds. The summed E-state index contributed by atoms with van der Waals surface area (Å²) < 4.78 is 8.24. The van der Waals surface area contributed by atoms with Gasteiger partial charge >= 0.3 is 0 Å². The predicted molar refractivity (Wildman–Crippen MR) is 149 cm³/mol. The molecule has 1 saturated heterocycles. The van der Waals surface area contributed by atoms with Crippen molar-refractivity contribution in [3.8, 4) is 17.3 Å². The number of ether oxygens (including phenoxy) is 1. The van der Waals surface area contributed by atoms with Crippen LogP contribution in [-0.2, 0) is 0 Å². The molecule has 0 bridgehead atoms. The minimum absolute atomic E-state index is 0.144. The van der Waals surface area contributed by atoms with E-state index in [0.717, 1.165) is 40.0 Å². The summed E-state index contributed by atoms with van der Waals surface area (Å²) in [4.78, 5) is 11.4. The van der Waals surface area contributed by atoms with E-state index in [1.165, 1.54) is 0 Å². The third-order valence-electron chi connectivity index (χ3n) is 6.51. The number of aromatic nitrogens is 3. The number of hydrogen-bond acceptors (Lipinski definition) is 4. The molecule has 0 aliphatic carbocycles. The summed E-state index contributed by atoms with van der Waals surface area (Å²) in [5, 5.41) is 4.17. The monoisotopic (exact) mass is 503 g/mol. The van der Waals surface area contributed by atoms with E-state index in [1.807, 2.05) is 110 Å². The second kappa shape index (κ2) is 9.87. The Balaban J connectivity index is 1.39. The molecule has 2 aromatic carbocycles. The highest BCUT2D eigenvalue weighted by molar-refractivity contribution is 7.80. The molecule has 1 N–H and O–H groups in total. The average Bonchev–Trinajstić information content (AvgIpc) is 3.56. The first-order valence-corrected chi connectivity index (χ1v) is 12.5. The summed E-state index contributed by atoms with van der Waals surface area (Å²) in [6.07, 6.45) is 5.65. The third kappa shape index (κ3) is 4.45. The number of benzene rings is 2. The largest absolute Gasteiger partial charge is 0.457 e. The zero-order chi connectivity index (χ0) is 25.2. The maximum atomic E-state index is 6.13. The number of hydrogen-bond donors (Lipinski definition) is 1. The molecule has 1 aliphatic heterocycles. The molecule has 182 valence electrons. The van der Waals surface area contributed by atoms with Gasteiger partial charge in [-0.25, -0.2) is 4.98 Å². The van der Waals surface area contributed by atoms with Crippen molar-refractivity contribution in [1.82, 2.24) is 19.9 Å². The van der Waals surface area contributed by atoms with Gasteiger partial charge in [-0.15, -0.1) is 0 Å². The van der Waals surface area contributed by atoms with Crippen LogP contribution in [0.4, 0.5) is 5.69 Å². The molecule has 4 heterocycles. The van der Waals surface area contributed by atoms with Crippen LogP contribution in [0.2, 0.25) is 0 Å². The first kappa shape index (κ1) is 22.9. The van der Waals surface area contributed by atoms with Gasteiger partial charge in [-0.1, -0.05) is 30.3 Å². The molecule has 5 aromatic rings. The van der Waals surface area contributed by atoms with Crippen LogP contribution in [0.15, 0.2) is 116 Å². The van der Waals surface area contributed by atoms with E-state index >= 15 is 0 Å². The molecule has 0 saturated carbocycles. The number of aryl methyl sites for hydroxylation is 1. The molecule has 0 unspecified atom stereocenters. The zero-order valence-corrected chi connectivity index (χ0v) is 21.0. The van der Waals surface area contributed by atoms with E-state index in [9.17, 15) is 0 Å². The van der Waals surface area contributed by atoms with E-state index in [-0.39, 0.29) is 12.1 Å². The van der Waals surface area contributed by atoms with Crippen LogP contribution in [0.25, 0.3) is 5.82 Å². The lowest BCUT2D eigenvalue weighted by atomic mass is 10.0. The SMILES string of the molecule is Cc1ccccc1Oc1ccc(N2C(=S)N[C@H](c3ccccn3)[C@H]2c2cccn2-c2ccccn2)cc1. The van der Waals surface area contributed by atoms with Crippen molar-refractivity contribution in [2.75, 3.05) is 4.90 Å². The first-order chi connectivity index (χ1) is 18.2. The van der Waals surface area contributed by atoms with E-state index in [2.05, 4.69) is 30.8 Å². The van der Waals surface area contributed by atoms with Crippen LogP contribution in [0.3, 0.4) is 0 Å². The number of pyridine rings is 2. The number of para-hydroxylation sites is 1. The van der Waals surface area contributed by atoms with Gasteiger partial charge in [-0.2, -0.15) is 0 Å². The van der Waals surface area contributed by atoms with Crippen LogP contribution < -0.4 is 15.0 Å². The second-order valence-corrected chi connectivity index (χ2v) is 9.24. The van der Waals surface area contributed by atoms with Crippen molar-refractivity contribution in [3.63, 3.8) is 0 Å². The topological polar surface area (TPSA) is 55.2 Å². The third-order valence-corrected chi connectivity index (χ3v) is 6.83. The maximum absolute atomic E-state index is 6.13. The standard InChI is InChI=1S/C30H25N5OS/c1-21-9-2-3-12-26(21)36-23-16-14-22(15-17-23)35-29(28(33-30(35)37)24-10-4-6-18-31-24)25-11-8-20-34(25)27-13-5-7-19-32-27/h2-20,28-29H,1H3,(H,33,37)/t28-,29-/m1/s1. The fourth-order valence-corrected chi connectivity index (χ4v) is 5.09. The van der Waals surface area contributed by atoms with Crippen molar-refractivity contribution in [1.29, 1.82) is 0 Å². The smallest absolute Gasteiger partial charge is 0.174 e. The summed E-state index contributed by atoms with van der Waals surface area (Å²) in [6.45, 7) is 2.04. The highest BCUT2D eigenvalue weighted by Gasteiger charge is 2.42. The molecule has 1 aliphatic rings. The van der Waals surface area contributed by atoms with Gasteiger partial charge in [0.25, 0.3) is 0 Å². The molecule has 0 spiro atoms. The lowest BCUT2D eigenvalue weighted by Gasteiger charge is -2.29. The molecule has 0 radical (unpaired) electrons. The Kier molecular flexibility index (Phi) is 6.12. The summed E-state index contributed by atoms with van der Waals surface area (Å²) in [7, 11) is 0. The van der Waals surface area contributed by atoms with Crippen LogP contribution in [-0.4, -0.2) is 19.6 Å². The van der Waals surface area contributed by atoms with E-state index in [4.69, 9.17) is 17.0 Å². The van der Waals surface area contributed by atoms with Crippen molar-refractivity contribution in [2.24, 2.45) is 0 Å². The van der Waals surface area contributed by atoms with E-state index in [1.54, 1.807) is 6.20 Å². The summed E-state index contributed by atoms with van der Waals surface area (Å²) >= 11 is 5.90. The van der Waals surface area contributed by atoms with Crippen LogP contribution in [0.5, 0.6) is 11.5 Å². The quantitative estimate of drug-likeness (QED) is 0.265. The first-order valence-electron chi connectivity index (χ1n) is 12.1. The van der Waals surface area contributed by atoms with Crippen molar-refractivity contribution >= 4 is 23.0 Å². The van der Waals surface area contributed by atoms with Gasteiger partial charge in [0, 0.05) is 30.0 Å². The van der Waals surface area contributed by atoms with Gasteiger partial charge in [-0.3, -0.25) is 4.98 Å². The van der Waals surface area contributed by atoms with Crippen LogP contribution in [0.1, 0.15) is 29.0 Å². The molecule has 3 aromatic heterocycles. The van der Waals surface area contributed by atoms with Gasteiger partial charge < -0.3 is 19.5 Å². The molecule has 1 fully saturated rings. The van der Waals surface area contributed by atoms with Crippen LogP contribution >= 0.6 is 12.2 Å². The van der Waals surface area contributed by atoms with Gasteiger partial charge in [0.2, 0.25) is 0 Å². The lowest BCUT2D eigenvalue weighted by Crippen LogP contribution is -2.30. The number of rotatable bonds is 6. The molecule has 6 rings (SSSR count). The van der Waals surface area contributed by atoms with Crippen molar-refractivity contribution < 1.29 is 4.74 Å². The van der Waals surface area contributed by atoms with Gasteiger partial charge in [-0.05, 0) is 91.4 Å². The average molecular weight is 504 g/mol. The molecule has 7 heteroatoms. The molecular weight excluding hydrogens is 478 g/mol. The fourth-order valence-electron chi connectivity index (χ4n) is 4.75. The van der Waals surface area contributed by atoms with Gasteiger partial charge in [0.15, 0.2) is 5.11 Å². The lowest BCUT2D eigenvalue weighted by molar-refractivity contribution is 0.479. The number of nitrogens with one attached hydrogen (secondary N) is 1. The summed E-state index contributed by atoms with van der Waals surface area (Å²) in [5.74, 6) is 2.46. The van der Waals surface area contributed by atoms with E-state index in [0.29, 0.717) is 5.11 Å². The van der Waals surface area contributed by atoms with E-state index < -0.39 is 0 Å². The number of anilines is 1. The normalized spacial score (nSPS) is 17.0. The molecule has 37 heavy (non-hydrogen) atoms. The highest BCUT2D eigenvalue weighted by atomic mass is 32.1.